The standard InChI is InChI=1S/C18H18N4O2S/c1-21(12-13-7-4-3-5-8-13)18(24)14-11-16(22(2)20-14)19-17(23)15-9-6-10-25-15/h3-11H,12H2,1-2H3,(H,19,23). The normalized spacial score (nSPS) is 10.5. The van der Waals surface area contributed by atoms with Crippen LogP contribution in [0.15, 0.2) is 53.9 Å². The highest BCUT2D eigenvalue weighted by molar-refractivity contribution is 7.12. The molecule has 128 valence electrons. The van der Waals surface area contributed by atoms with E-state index in [4.69, 9.17) is 0 Å². The van der Waals surface area contributed by atoms with Crippen molar-refractivity contribution < 1.29 is 9.59 Å². The maximum Gasteiger partial charge on any atom is 0.274 e. The van der Waals surface area contributed by atoms with Crippen molar-refractivity contribution in [2.75, 3.05) is 12.4 Å². The van der Waals surface area contributed by atoms with Crippen molar-refractivity contribution in [1.82, 2.24) is 14.7 Å². The van der Waals surface area contributed by atoms with Crippen LogP contribution in [0.1, 0.15) is 25.7 Å². The van der Waals surface area contributed by atoms with Crippen LogP contribution in [-0.4, -0.2) is 33.5 Å². The van der Waals surface area contributed by atoms with Gasteiger partial charge in [-0.1, -0.05) is 36.4 Å². The van der Waals surface area contributed by atoms with E-state index in [0.29, 0.717) is 22.9 Å². The molecule has 0 aliphatic carbocycles. The third kappa shape index (κ3) is 3.95. The molecular formula is C18H18N4O2S. The Kier molecular flexibility index (Phi) is 4.95. The molecule has 0 fully saturated rings. The van der Waals surface area contributed by atoms with Gasteiger partial charge in [-0.15, -0.1) is 11.3 Å². The van der Waals surface area contributed by atoms with Gasteiger partial charge in [-0.2, -0.15) is 5.10 Å². The van der Waals surface area contributed by atoms with Crippen LogP contribution in [0.5, 0.6) is 0 Å². The number of hydrogen-bond donors (Lipinski definition) is 1. The highest BCUT2D eigenvalue weighted by Gasteiger charge is 2.18. The van der Waals surface area contributed by atoms with E-state index in [2.05, 4.69) is 10.4 Å². The minimum Gasteiger partial charge on any atom is -0.336 e. The summed E-state index contributed by atoms with van der Waals surface area (Å²) in [5.41, 5.74) is 1.34. The van der Waals surface area contributed by atoms with E-state index in [-0.39, 0.29) is 11.8 Å². The number of anilines is 1. The Hall–Kier alpha value is -2.93. The zero-order valence-corrected chi connectivity index (χ0v) is 14.8. The Morgan fingerprint density at radius 1 is 1.20 bits per heavy atom. The summed E-state index contributed by atoms with van der Waals surface area (Å²) in [5.74, 6) is 0.0700. The monoisotopic (exact) mass is 354 g/mol. The third-order valence-corrected chi connectivity index (χ3v) is 4.56. The summed E-state index contributed by atoms with van der Waals surface area (Å²) in [6.07, 6.45) is 0. The molecule has 2 aromatic heterocycles. The van der Waals surface area contributed by atoms with Gasteiger partial charge in [-0.05, 0) is 17.0 Å². The molecule has 0 aliphatic heterocycles. The van der Waals surface area contributed by atoms with Crippen molar-refractivity contribution in [2.24, 2.45) is 7.05 Å². The molecule has 6 nitrogen and oxygen atoms in total. The number of amides is 2. The van der Waals surface area contributed by atoms with Gasteiger partial charge in [-0.25, -0.2) is 0 Å². The molecule has 0 atom stereocenters. The van der Waals surface area contributed by atoms with Crippen LogP contribution >= 0.6 is 11.3 Å². The average Bonchev–Trinajstić information content (AvgIpc) is 3.26. The van der Waals surface area contributed by atoms with E-state index in [1.807, 2.05) is 41.8 Å². The van der Waals surface area contributed by atoms with Gasteiger partial charge in [0.05, 0.1) is 4.88 Å². The molecular weight excluding hydrogens is 336 g/mol. The smallest absolute Gasteiger partial charge is 0.274 e. The van der Waals surface area contributed by atoms with Crippen molar-refractivity contribution in [3.63, 3.8) is 0 Å². The van der Waals surface area contributed by atoms with Gasteiger partial charge in [0.25, 0.3) is 11.8 Å². The third-order valence-electron chi connectivity index (χ3n) is 3.69. The summed E-state index contributed by atoms with van der Waals surface area (Å²) in [7, 11) is 3.42. The van der Waals surface area contributed by atoms with Gasteiger partial charge in [0.15, 0.2) is 5.69 Å². The first-order valence-electron chi connectivity index (χ1n) is 7.73. The second-order valence-corrected chi connectivity index (χ2v) is 6.56. The van der Waals surface area contributed by atoms with Crippen molar-refractivity contribution in [3.05, 3.63) is 70.0 Å². The summed E-state index contributed by atoms with van der Waals surface area (Å²) in [6, 6.07) is 14.9. The van der Waals surface area contributed by atoms with E-state index in [0.717, 1.165) is 5.56 Å². The molecule has 0 aliphatic rings. The van der Waals surface area contributed by atoms with Crippen LogP contribution in [0.3, 0.4) is 0 Å². The first-order valence-corrected chi connectivity index (χ1v) is 8.61. The van der Waals surface area contributed by atoms with Crippen LogP contribution < -0.4 is 5.32 Å². The lowest BCUT2D eigenvalue weighted by Crippen LogP contribution is -2.26. The molecule has 3 rings (SSSR count). The quantitative estimate of drug-likeness (QED) is 0.766. The van der Waals surface area contributed by atoms with Crippen LogP contribution in [0.25, 0.3) is 0 Å². The fourth-order valence-electron chi connectivity index (χ4n) is 2.40. The van der Waals surface area contributed by atoms with Gasteiger partial charge in [0.1, 0.15) is 5.82 Å². The molecule has 0 saturated carbocycles. The van der Waals surface area contributed by atoms with Crippen LogP contribution in [0, 0.1) is 0 Å². The lowest BCUT2D eigenvalue weighted by Gasteiger charge is -2.15. The topological polar surface area (TPSA) is 67.2 Å². The molecule has 1 aromatic carbocycles. The highest BCUT2D eigenvalue weighted by atomic mass is 32.1. The van der Waals surface area contributed by atoms with E-state index in [1.54, 1.807) is 31.1 Å². The summed E-state index contributed by atoms with van der Waals surface area (Å²) in [4.78, 5) is 26.9. The summed E-state index contributed by atoms with van der Waals surface area (Å²) in [5, 5.41) is 8.84. The highest BCUT2D eigenvalue weighted by Crippen LogP contribution is 2.15. The molecule has 0 saturated heterocycles. The molecule has 3 aromatic rings. The van der Waals surface area contributed by atoms with E-state index >= 15 is 0 Å². The number of carbonyl (C=O) groups is 2. The maximum atomic E-state index is 12.6. The van der Waals surface area contributed by atoms with Crippen molar-refractivity contribution in [2.45, 2.75) is 6.54 Å². The Balaban J connectivity index is 1.70. The first kappa shape index (κ1) is 16.9. The van der Waals surface area contributed by atoms with Crippen LogP contribution in [0.2, 0.25) is 0 Å². The van der Waals surface area contributed by atoms with Gasteiger partial charge >= 0.3 is 0 Å². The zero-order valence-electron chi connectivity index (χ0n) is 14.0. The van der Waals surface area contributed by atoms with Gasteiger partial charge < -0.3 is 10.2 Å². The molecule has 25 heavy (non-hydrogen) atoms. The number of aromatic nitrogens is 2. The number of benzene rings is 1. The molecule has 7 heteroatoms. The number of aryl methyl sites for hydroxylation is 1. The number of nitrogens with zero attached hydrogens (tertiary/aromatic N) is 3. The zero-order chi connectivity index (χ0) is 17.8. The molecule has 0 spiro atoms. The fourth-order valence-corrected chi connectivity index (χ4v) is 3.02. The maximum absolute atomic E-state index is 12.6. The second kappa shape index (κ2) is 7.31. The number of rotatable bonds is 5. The molecule has 0 bridgehead atoms. The molecule has 2 heterocycles. The van der Waals surface area contributed by atoms with E-state index in [1.165, 1.54) is 16.0 Å². The minimum atomic E-state index is -0.213. The first-order chi connectivity index (χ1) is 12.0. The second-order valence-electron chi connectivity index (χ2n) is 5.62. The number of carbonyl (C=O) groups excluding carboxylic acids is 2. The van der Waals surface area contributed by atoms with Crippen LogP contribution in [-0.2, 0) is 13.6 Å². The summed E-state index contributed by atoms with van der Waals surface area (Å²) in [6.45, 7) is 0.493. The average molecular weight is 354 g/mol. The lowest BCUT2D eigenvalue weighted by atomic mass is 10.2. The largest absolute Gasteiger partial charge is 0.336 e. The molecule has 0 unspecified atom stereocenters. The van der Waals surface area contributed by atoms with Gasteiger partial charge in [-0.3, -0.25) is 14.3 Å². The number of thiophene rings is 1. The molecule has 2 amide bonds. The van der Waals surface area contributed by atoms with Crippen LogP contribution in [0.4, 0.5) is 5.82 Å². The summed E-state index contributed by atoms with van der Waals surface area (Å²) < 4.78 is 1.50. The Morgan fingerprint density at radius 3 is 2.64 bits per heavy atom. The van der Waals surface area contributed by atoms with Crippen molar-refractivity contribution in [1.29, 1.82) is 0 Å². The predicted octanol–water partition coefficient (Wildman–Crippen LogP) is 3.01. The van der Waals surface area contributed by atoms with Crippen molar-refractivity contribution in [3.8, 4) is 0 Å². The molecule has 1 N–H and O–H groups in total. The van der Waals surface area contributed by atoms with Gasteiger partial charge in [0, 0.05) is 26.7 Å². The SMILES string of the molecule is CN(Cc1ccccc1)C(=O)c1cc(NC(=O)c2cccs2)n(C)n1. The van der Waals surface area contributed by atoms with Crippen molar-refractivity contribution >= 4 is 29.0 Å². The minimum absolute atomic E-state index is 0.198. The van der Waals surface area contributed by atoms with E-state index < -0.39 is 0 Å². The Bertz CT molecular complexity index is 872. The number of hydrogen-bond acceptors (Lipinski definition) is 4. The molecule has 0 radical (unpaired) electrons. The Labute approximate surface area is 149 Å². The lowest BCUT2D eigenvalue weighted by molar-refractivity contribution is 0.0778. The Morgan fingerprint density at radius 2 is 1.96 bits per heavy atom. The van der Waals surface area contributed by atoms with Gasteiger partial charge in [0.2, 0.25) is 0 Å². The summed E-state index contributed by atoms with van der Waals surface area (Å²) >= 11 is 1.36. The fraction of sp³-hybridized carbons (Fsp3) is 0.167. The predicted molar refractivity (Wildman–Crippen MR) is 97.7 cm³/mol. The van der Waals surface area contributed by atoms with E-state index in [9.17, 15) is 9.59 Å². The number of nitrogens with one attached hydrogen (secondary N) is 1.